The lowest BCUT2D eigenvalue weighted by atomic mass is 9.97. The lowest BCUT2D eigenvalue weighted by Gasteiger charge is -2.18. The number of H-pyrrole nitrogens is 1. The van der Waals surface area contributed by atoms with Gasteiger partial charge in [0.15, 0.2) is 0 Å². The second-order valence-electron chi connectivity index (χ2n) is 8.06. The van der Waals surface area contributed by atoms with E-state index >= 15 is 0 Å². The second-order valence-corrected chi connectivity index (χ2v) is 8.46. The minimum atomic E-state index is -4.89. The summed E-state index contributed by atoms with van der Waals surface area (Å²) < 4.78 is 67.5. The quantitative estimate of drug-likeness (QED) is 0.301. The highest BCUT2D eigenvalue weighted by Gasteiger charge is 2.37. The average molecular weight is 534 g/mol. The Morgan fingerprint density at radius 1 is 1.05 bits per heavy atom. The number of benzene rings is 2. The lowest BCUT2D eigenvalue weighted by Crippen LogP contribution is -2.21. The number of nitrogens with zero attached hydrogens (tertiary/aromatic N) is 2. The fourth-order valence-electron chi connectivity index (χ4n) is 3.98. The van der Waals surface area contributed by atoms with Gasteiger partial charge in [-0.05, 0) is 42.5 Å². The Bertz CT molecular complexity index is 1560. The number of halogens is 6. The molecule has 3 heterocycles. The van der Waals surface area contributed by atoms with Gasteiger partial charge < -0.3 is 10.6 Å². The molecule has 1 unspecified atom stereocenters. The highest BCUT2D eigenvalue weighted by molar-refractivity contribution is 6.31. The highest BCUT2D eigenvalue weighted by atomic mass is 35.5. The van der Waals surface area contributed by atoms with E-state index in [1.54, 1.807) is 0 Å². The molecule has 0 aliphatic carbocycles. The maximum atomic E-state index is 14.0. The van der Waals surface area contributed by atoms with Gasteiger partial charge in [0.2, 0.25) is 0 Å². The van der Waals surface area contributed by atoms with E-state index < -0.39 is 46.8 Å². The van der Waals surface area contributed by atoms with Gasteiger partial charge in [-0.1, -0.05) is 11.6 Å². The average Bonchev–Trinajstić information content (AvgIpc) is 3.48. The number of pyridine rings is 1. The Morgan fingerprint density at radius 3 is 2.54 bits per heavy atom. The van der Waals surface area contributed by atoms with Gasteiger partial charge >= 0.3 is 6.18 Å². The van der Waals surface area contributed by atoms with Crippen LogP contribution in [0.4, 0.5) is 27.6 Å². The van der Waals surface area contributed by atoms with Crippen molar-refractivity contribution in [2.75, 3.05) is 5.32 Å². The third-order valence-electron chi connectivity index (χ3n) is 5.64. The maximum Gasteiger partial charge on any atom is 0.416 e. The summed E-state index contributed by atoms with van der Waals surface area (Å²) in [6.07, 6.45) is -2.02. The molecule has 0 fully saturated rings. The van der Waals surface area contributed by atoms with E-state index in [0.29, 0.717) is 17.7 Å². The zero-order chi connectivity index (χ0) is 26.5. The van der Waals surface area contributed by atoms with Crippen molar-refractivity contribution >= 4 is 29.1 Å². The van der Waals surface area contributed by atoms with Crippen LogP contribution in [0.3, 0.4) is 0 Å². The van der Waals surface area contributed by atoms with Crippen molar-refractivity contribution in [1.82, 2.24) is 20.5 Å². The molecule has 2 amide bonds. The summed E-state index contributed by atoms with van der Waals surface area (Å²) in [6, 6.07) is 5.23. The first-order valence-electron chi connectivity index (χ1n) is 10.5. The summed E-state index contributed by atoms with van der Waals surface area (Å²) in [5.41, 5.74) is -1.24. The third-order valence-corrected chi connectivity index (χ3v) is 5.98. The van der Waals surface area contributed by atoms with Crippen LogP contribution >= 0.6 is 11.6 Å². The van der Waals surface area contributed by atoms with E-state index in [9.17, 15) is 31.5 Å². The van der Waals surface area contributed by atoms with Gasteiger partial charge in [-0.2, -0.15) is 18.3 Å². The number of carbonyl (C=O) groups excluding carboxylic acids is 2. The molecule has 1 atom stereocenters. The molecular formula is C24H13ClF5N5O2. The van der Waals surface area contributed by atoms with Crippen LogP contribution in [0.25, 0.3) is 11.3 Å². The molecule has 2 aromatic carbocycles. The van der Waals surface area contributed by atoms with E-state index in [2.05, 4.69) is 25.8 Å². The van der Waals surface area contributed by atoms with Crippen LogP contribution in [0.2, 0.25) is 5.02 Å². The first-order valence-corrected chi connectivity index (χ1v) is 10.9. The summed E-state index contributed by atoms with van der Waals surface area (Å²) in [4.78, 5) is 30.2. The number of anilines is 1. The molecule has 7 nitrogen and oxygen atoms in total. The number of nitrogens with one attached hydrogen (secondary N) is 3. The molecule has 188 valence electrons. The van der Waals surface area contributed by atoms with E-state index in [4.69, 9.17) is 11.6 Å². The predicted octanol–water partition coefficient (Wildman–Crippen LogP) is 5.51. The predicted molar refractivity (Wildman–Crippen MR) is 122 cm³/mol. The van der Waals surface area contributed by atoms with Crippen LogP contribution in [0.15, 0.2) is 54.9 Å². The minimum absolute atomic E-state index is 0.0345. The van der Waals surface area contributed by atoms with Gasteiger partial charge in [-0.15, -0.1) is 0 Å². The number of alkyl halides is 3. The largest absolute Gasteiger partial charge is 0.416 e. The fourth-order valence-corrected chi connectivity index (χ4v) is 4.21. The summed E-state index contributed by atoms with van der Waals surface area (Å²) in [6.45, 7) is 0. The monoisotopic (exact) mass is 533 g/mol. The summed E-state index contributed by atoms with van der Waals surface area (Å²) >= 11 is 6.25. The molecule has 0 saturated heterocycles. The Kier molecular flexibility index (Phi) is 5.91. The van der Waals surface area contributed by atoms with Crippen molar-refractivity contribution in [1.29, 1.82) is 0 Å². The van der Waals surface area contributed by atoms with E-state index in [1.807, 2.05) is 0 Å². The van der Waals surface area contributed by atoms with Crippen molar-refractivity contribution in [3.05, 3.63) is 99.5 Å². The fraction of sp³-hybridized carbons (Fsp3) is 0.0833. The van der Waals surface area contributed by atoms with Crippen LogP contribution in [-0.4, -0.2) is 27.0 Å². The van der Waals surface area contributed by atoms with Crippen molar-refractivity contribution in [2.45, 2.75) is 12.2 Å². The number of aromatic amines is 1. The SMILES string of the molecule is O=C(Nc1cc(-c2cn[nH]c2)nc2c1C(c1cc(F)ccc1Cl)NC2=O)c1cc(F)cc(C(F)(F)F)c1. The molecule has 0 saturated carbocycles. The normalized spacial score (nSPS) is 14.9. The number of hydrogen-bond donors (Lipinski definition) is 3. The van der Waals surface area contributed by atoms with Crippen molar-refractivity contribution < 1.29 is 31.5 Å². The molecule has 5 rings (SSSR count). The van der Waals surface area contributed by atoms with Gasteiger partial charge in [0.25, 0.3) is 11.8 Å². The molecule has 13 heteroatoms. The van der Waals surface area contributed by atoms with Crippen molar-refractivity contribution in [3.63, 3.8) is 0 Å². The minimum Gasteiger partial charge on any atom is -0.340 e. The molecule has 0 bridgehead atoms. The maximum absolute atomic E-state index is 14.0. The molecule has 0 spiro atoms. The van der Waals surface area contributed by atoms with E-state index in [1.165, 1.54) is 24.5 Å². The summed E-state index contributed by atoms with van der Waals surface area (Å²) in [7, 11) is 0. The van der Waals surface area contributed by atoms with Gasteiger partial charge in [0.1, 0.15) is 17.3 Å². The van der Waals surface area contributed by atoms with Gasteiger partial charge in [-0.3, -0.25) is 14.7 Å². The zero-order valence-corrected chi connectivity index (χ0v) is 19.0. The number of fused-ring (bicyclic) bond motifs is 1. The lowest BCUT2D eigenvalue weighted by molar-refractivity contribution is -0.137. The molecular weight excluding hydrogens is 521 g/mol. The van der Waals surface area contributed by atoms with Crippen LogP contribution in [0.5, 0.6) is 0 Å². The molecule has 2 aromatic heterocycles. The number of amides is 2. The standard InChI is InChI=1S/C24H13ClF5N5O2/c25-16-2-1-13(26)6-15(16)20-19-18(7-17(11-8-31-32-9-11)33-21(19)23(37)35-20)34-22(36)10-3-12(24(28,29)30)5-14(27)4-10/h1-9,20H,(H,31,32)(H,35,37)(H,33,34,36). The van der Waals surface area contributed by atoms with Gasteiger partial charge in [-0.25, -0.2) is 13.8 Å². The molecule has 37 heavy (non-hydrogen) atoms. The molecule has 1 aliphatic rings. The Balaban J connectivity index is 1.65. The molecule has 1 aliphatic heterocycles. The summed E-state index contributed by atoms with van der Waals surface area (Å²) in [5, 5.41) is 11.6. The van der Waals surface area contributed by atoms with Crippen molar-refractivity contribution in [2.24, 2.45) is 0 Å². The van der Waals surface area contributed by atoms with Crippen LogP contribution in [-0.2, 0) is 6.18 Å². The number of hydrogen-bond acceptors (Lipinski definition) is 4. The van der Waals surface area contributed by atoms with Crippen LogP contribution < -0.4 is 10.6 Å². The van der Waals surface area contributed by atoms with E-state index in [0.717, 1.165) is 12.1 Å². The van der Waals surface area contributed by atoms with Gasteiger partial charge in [0.05, 0.1) is 29.2 Å². The molecule has 0 radical (unpaired) electrons. The Morgan fingerprint density at radius 2 is 1.84 bits per heavy atom. The Hall–Kier alpha value is -4.32. The number of aromatic nitrogens is 3. The topological polar surface area (TPSA) is 99.8 Å². The van der Waals surface area contributed by atoms with Crippen LogP contribution in [0.1, 0.15) is 43.6 Å². The molecule has 4 aromatic rings. The highest BCUT2D eigenvalue weighted by Crippen LogP contribution is 2.40. The first kappa shape index (κ1) is 24.4. The summed E-state index contributed by atoms with van der Waals surface area (Å²) in [5.74, 6) is -3.65. The van der Waals surface area contributed by atoms with Crippen LogP contribution in [0, 0.1) is 11.6 Å². The zero-order valence-electron chi connectivity index (χ0n) is 18.3. The van der Waals surface area contributed by atoms with Crippen molar-refractivity contribution in [3.8, 4) is 11.3 Å². The van der Waals surface area contributed by atoms with E-state index in [-0.39, 0.29) is 39.3 Å². The smallest absolute Gasteiger partial charge is 0.340 e. The third kappa shape index (κ3) is 4.62. The number of rotatable bonds is 4. The first-order chi connectivity index (χ1) is 17.5. The molecule has 3 N–H and O–H groups in total. The second kappa shape index (κ2) is 8.96. The Labute approximate surface area is 209 Å². The number of carbonyl (C=O) groups is 2. The van der Waals surface area contributed by atoms with Gasteiger partial charge in [0, 0.05) is 33.5 Å².